The van der Waals surface area contributed by atoms with Gasteiger partial charge < -0.3 is 14.6 Å². The van der Waals surface area contributed by atoms with E-state index in [-0.39, 0.29) is 11.0 Å². The van der Waals surface area contributed by atoms with Crippen molar-refractivity contribution in [2.45, 2.75) is 31.6 Å². The number of carboxylic acid groups (broad SMARTS) is 1. The molecule has 0 fully saturated rings. The number of carbonyl (C=O) groups is 1. The maximum Gasteiger partial charge on any atom is 0.335 e. The van der Waals surface area contributed by atoms with Crippen LogP contribution in [0.25, 0.3) is 0 Å². The standard InChI is InChI=1S/C28H26O4/c1-28(18-20-15-24(31-2)17-25(16-20)32-3)14-13-22-6-4-5-21(26(22)28)10-7-19-8-11-23(12-9-19)27(29)30/h4-6,8-9,11-12,15-17H,13-14,18H2,1-3H3,(H,29,30). The van der Waals surface area contributed by atoms with E-state index in [2.05, 4.69) is 49.1 Å². The molecule has 1 N–H and O–H groups in total. The minimum Gasteiger partial charge on any atom is -0.497 e. The van der Waals surface area contributed by atoms with E-state index in [1.807, 2.05) is 6.07 Å². The first kappa shape index (κ1) is 21.5. The van der Waals surface area contributed by atoms with Crippen LogP contribution >= 0.6 is 0 Å². The number of methoxy groups -OCH3 is 2. The van der Waals surface area contributed by atoms with Crippen molar-refractivity contribution in [3.63, 3.8) is 0 Å². The van der Waals surface area contributed by atoms with Crippen molar-refractivity contribution in [2.24, 2.45) is 0 Å². The van der Waals surface area contributed by atoms with Crippen molar-refractivity contribution < 1.29 is 19.4 Å². The number of aryl methyl sites for hydroxylation is 1. The van der Waals surface area contributed by atoms with Gasteiger partial charge >= 0.3 is 5.97 Å². The summed E-state index contributed by atoms with van der Waals surface area (Å²) in [6.45, 7) is 2.30. The number of ether oxygens (including phenoxy) is 2. The van der Waals surface area contributed by atoms with Crippen LogP contribution in [0.3, 0.4) is 0 Å². The molecule has 0 saturated carbocycles. The first-order valence-electron chi connectivity index (χ1n) is 10.6. The van der Waals surface area contributed by atoms with Crippen LogP contribution in [0.4, 0.5) is 0 Å². The number of rotatable bonds is 5. The SMILES string of the molecule is COc1cc(CC2(C)CCc3cccc(C#Cc4ccc(C(=O)O)cc4)c32)cc(OC)c1. The second-order valence-electron chi connectivity index (χ2n) is 8.43. The lowest BCUT2D eigenvalue weighted by molar-refractivity contribution is 0.0697. The van der Waals surface area contributed by atoms with Crippen molar-refractivity contribution in [1.82, 2.24) is 0 Å². The second-order valence-corrected chi connectivity index (χ2v) is 8.43. The molecular formula is C28H26O4. The van der Waals surface area contributed by atoms with E-state index < -0.39 is 5.97 Å². The Labute approximate surface area is 188 Å². The van der Waals surface area contributed by atoms with Crippen LogP contribution in [-0.4, -0.2) is 25.3 Å². The highest BCUT2D eigenvalue weighted by molar-refractivity contribution is 5.87. The lowest BCUT2D eigenvalue weighted by atomic mass is 9.76. The summed E-state index contributed by atoms with van der Waals surface area (Å²) < 4.78 is 10.9. The van der Waals surface area contributed by atoms with Gasteiger partial charge in [0.1, 0.15) is 11.5 Å². The van der Waals surface area contributed by atoms with Gasteiger partial charge in [0.2, 0.25) is 0 Å². The third-order valence-electron chi connectivity index (χ3n) is 6.18. The van der Waals surface area contributed by atoms with E-state index in [0.29, 0.717) is 0 Å². The first-order chi connectivity index (χ1) is 15.4. The average Bonchev–Trinajstić information content (AvgIpc) is 3.14. The van der Waals surface area contributed by atoms with Crippen molar-refractivity contribution in [3.8, 4) is 23.3 Å². The highest BCUT2D eigenvalue weighted by Crippen LogP contribution is 2.43. The molecule has 1 atom stereocenters. The Bertz CT molecular complexity index is 1190. The molecule has 0 saturated heterocycles. The van der Waals surface area contributed by atoms with Gasteiger partial charge in [-0.15, -0.1) is 0 Å². The monoisotopic (exact) mass is 426 g/mol. The zero-order chi connectivity index (χ0) is 22.7. The minimum absolute atomic E-state index is 0.0504. The van der Waals surface area contributed by atoms with E-state index >= 15 is 0 Å². The van der Waals surface area contributed by atoms with Crippen molar-refractivity contribution in [1.29, 1.82) is 0 Å². The summed E-state index contributed by atoms with van der Waals surface area (Å²) in [5.41, 5.74) is 5.85. The maximum absolute atomic E-state index is 11.1. The molecule has 0 radical (unpaired) electrons. The Hall–Kier alpha value is -3.71. The Balaban J connectivity index is 1.68. The molecule has 1 aliphatic rings. The third-order valence-corrected chi connectivity index (χ3v) is 6.18. The normalized spacial score (nSPS) is 16.6. The predicted octanol–water partition coefficient (Wildman–Crippen LogP) is 5.25. The van der Waals surface area contributed by atoms with Crippen molar-refractivity contribution in [2.75, 3.05) is 14.2 Å². The van der Waals surface area contributed by atoms with Crippen molar-refractivity contribution >= 4 is 5.97 Å². The van der Waals surface area contributed by atoms with E-state index in [1.54, 1.807) is 38.5 Å². The molecule has 0 spiro atoms. The molecule has 32 heavy (non-hydrogen) atoms. The van der Waals surface area contributed by atoms with Gasteiger partial charge in [-0.1, -0.05) is 30.9 Å². The molecule has 0 aliphatic heterocycles. The van der Waals surface area contributed by atoms with Gasteiger partial charge in [-0.25, -0.2) is 4.79 Å². The summed E-state index contributed by atoms with van der Waals surface area (Å²) in [4.78, 5) is 11.1. The van der Waals surface area contributed by atoms with Gasteiger partial charge in [0.15, 0.2) is 0 Å². The summed E-state index contributed by atoms with van der Waals surface area (Å²) in [5.74, 6) is 7.21. The van der Waals surface area contributed by atoms with Gasteiger partial charge in [0.05, 0.1) is 19.8 Å². The predicted molar refractivity (Wildman–Crippen MR) is 125 cm³/mol. The molecule has 1 unspecified atom stereocenters. The molecule has 0 aromatic heterocycles. The smallest absolute Gasteiger partial charge is 0.335 e. The Morgan fingerprint density at radius 1 is 1.00 bits per heavy atom. The molecule has 4 nitrogen and oxygen atoms in total. The summed E-state index contributed by atoms with van der Waals surface area (Å²) >= 11 is 0. The fraction of sp³-hybridized carbons (Fsp3) is 0.250. The molecule has 0 heterocycles. The van der Waals surface area contributed by atoms with E-state index in [1.165, 1.54) is 16.7 Å². The van der Waals surface area contributed by atoms with Crippen LogP contribution in [0.2, 0.25) is 0 Å². The number of hydrogen-bond donors (Lipinski definition) is 1. The number of hydrogen-bond acceptors (Lipinski definition) is 3. The Kier molecular flexibility index (Phi) is 5.92. The van der Waals surface area contributed by atoms with Crippen molar-refractivity contribution in [3.05, 3.63) is 94.0 Å². The van der Waals surface area contributed by atoms with Crippen LogP contribution in [0, 0.1) is 11.8 Å². The first-order valence-corrected chi connectivity index (χ1v) is 10.6. The Morgan fingerprint density at radius 2 is 1.69 bits per heavy atom. The summed E-state index contributed by atoms with van der Waals surface area (Å²) in [5, 5.41) is 9.08. The lowest BCUT2D eigenvalue weighted by Gasteiger charge is -2.27. The lowest BCUT2D eigenvalue weighted by Crippen LogP contribution is -2.23. The summed E-state index contributed by atoms with van der Waals surface area (Å²) in [6.07, 6.45) is 2.93. The fourth-order valence-corrected chi connectivity index (χ4v) is 4.59. The topological polar surface area (TPSA) is 55.8 Å². The van der Waals surface area contributed by atoms with Crippen LogP contribution in [-0.2, 0) is 18.3 Å². The zero-order valence-corrected chi connectivity index (χ0v) is 18.6. The molecular weight excluding hydrogens is 400 g/mol. The number of carboxylic acids is 1. The van der Waals surface area contributed by atoms with E-state index in [9.17, 15) is 4.79 Å². The number of fused-ring (bicyclic) bond motifs is 1. The Morgan fingerprint density at radius 3 is 2.31 bits per heavy atom. The molecule has 0 bridgehead atoms. The molecule has 1 aliphatic carbocycles. The van der Waals surface area contributed by atoms with Gasteiger partial charge in [0, 0.05) is 17.2 Å². The number of aromatic carboxylic acids is 1. The maximum atomic E-state index is 11.1. The van der Waals surface area contributed by atoms with Crippen LogP contribution in [0.1, 0.15) is 51.5 Å². The summed E-state index contributed by atoms with van der Waals surface area (Å²) in [6, 6.07) is 19.0. The third kappa shape index (κ3) is 4.33. The molecule has 0 amide bonds. The molecule has 3 aromatic rings. The van der Waals surface area contributed by atoms with Gasteiger partial charge in [-0.2, -0.15) is 0 Å². The van der Waals surface area contributed by atoms with Crippen LogP contribution in [0.15, 0.2) is 60.7 Å². The van der Waals surface area contributed by atoms with Crippen LogP contribution < -0.4 is 9.47 Å². The zero-order valence-electron chi connectivity index (χ0n) is 18.6. The summed E-state index contributed by atoms with van der Waals surface area (Å²) in [7, 11) is 3.34. The quantitative estimate of drug-likeness (QED) is 0.566. The number of benzene rings is 3. The molecule has 162 valence electrons. The fourth-order valence-electron chi connectivity index (χ4n) is 4.59. The van der Waals surface area contributed by atoms with E-state index in [4.69, 9.17) is 14.6 Å². The highest BCUT2D eigenvalue weighted by atomic mass is 16.5. The molecule has 4 heteroatoms. The van der Waals surface area contributed by atoms with Gasteiger partial charge in [0.25, 0.3) is 0 Å². The largest absolute Gasteiger partial charge is 0.497 e. The minimum atomic E-state index is -0.935. The molecule has 3 aromatic carbocycles. The van der Waals surface area contributed by atoms with Crippen LogP contribution in [0.5, 0.6) is 11.5 Å². The second kappa shape index (κ2) is 8.80. The van der Waals surface area contributed by atoms with E-state index in [0.717, 1.165) is 41.9 Å². The van der Waals surface area contributed by atoms with Gasteiger partial charge in [-0.3, -0.25) is 0 Å². The molecule has 4 rings (SSSR count). The highest BCUT2D eigenvalue weighted by Gasteiger charge is 2.36. The van der Waals surface area contributed by atoms with Gasteiger partial charge in [-0.05, 0) is 83.8 Å². The average molecular weight is 427 g/mol.